The van der Waals surface area contributed by atoms with E-state index < -0.39 is 24.9 Å². The summed E-state index contributed by atoms with van der Waals surface area (Å²) in [6.07, 6.45) is -7.23. The molecule has 0 saturated heterocycles. The van der Waals surface area contributed by atoms with Crippen LogP contribution in [0.25, 0.3) is 22.8 Å². The van der Waals surface area contributed by atoms with E-state index in [-0.39, 0.29) is 17.1 Å². The molecule has 3 aromatic carbocycles. The lowest BCUT2D eigenvalue weighted by Crippen LogP contribution is -2.34. The number of carbonyl (C=O) groups excluding carboxylic acids is 1. The normalized spacial score (nSPS) is 13.5. The Morgan fingerprint density at radius 1 is 1.05 bits per heavy atom. The topological polar surface area (TPSA) is 86.3 Å². The molecule has 44 heavy (non-hydrogen) atoms. The Labute approximate surface area is 252 Å². The first kappa shape index (κ1) is 30.6. The number of aryl methyl sites for hydroxylation is 2. The average Bonchev–Trinajstić information content (AvgIpc) is 3.63. The Hall–Kier alpha value is -4.85. The van der Waals surface area contributed by atoms with E-state index in [0.717, 1.165) is 35.5 Å². The number of ether oxygens (including phenoxy) is 1. The first-order valence-corrected chi connectivity index (χ1v) is 14.2. The van der Waals surface area contributed by atoms with Crippen LogP contribution in [0.2, 0.25) is 0 Å². The first-order chi connectivity index (χ1) is 21.0. The van der Waals surface area contributed by atoms with Gasteiger partial charge in [0.05, 0.1) is 11.4 Å². The summed E-state index contributed by atoms with van der Waals surface area (Å²) >= 11 is 1.21. The van der Waals surface area contributed by atoms with Crippen LogP contribution in [-0.4, -0.2) is 38.0 Å². The number of urea groups is 1. The second-order valence-electron chi connectivity index (χ2n) is 9.52. The van der Waals surface area contributed by atoms with Crippen molar-refractivity contribution in [2.45, 2.75) is 39.1 Å². The number of rotatable bonds is 8. The van der Waals surface area contributed by atoms with Gasteiger partial charge in [-0.2, -0.15) is 4.99 Å². The molecule has 8 nitrogen and oxygen atoms in total. The SMILES string of the molecule is CCc1ccccc1-n1c(C)cs/c1=N\C(=O)NC(F)C(F)c1ccc(-c2ncn(-c3ccc(OC(F)(F)F)cc3)n2)cc1. The largest absolute Gasteiger partial charge is 0.573 e. The highest BCUT2D eigenvalue weighted by atomic mass is 32.1. The molecule has 5 aromatic rings. The van der Waals surface area contributed by atoms with E-state index in [2.05, 4.69) is 19.8 Å². The van der Waals surface area contributed by atoms with Crippen molar-refractivity contribution in [3.05, 3.63) is 106 Å². The number of hydrogen-bond donors (Lipinski definition) is 1. The zero-order valence-corrected chi connectivity index (χ0v) is 24.1. The third-order valence-electron chi connectivity index (χ3n) is 6.52. The van der Waals surface area contributed by atoms with Gasteiger partial charge in [-0.25, -0.2) is 23.2 Å². The summed E-state index contributed by atoms with van der Waals surface area (Å²) < 4.78 is 74.0. The smallest absolute Gasteiger partial charge is 0.406 e. The van der Waals surface area contributed by atoms with Crippen molar-refractivity contribution in [1.29, 1.82) is 0 Å². The van der Waals surface area contributed by atoms with Gasteiger partial charge < -0.3 is 10.1 Å². The van der Waals surface area contributed by atoms with E-state index in [0.29, 0.717) is 16.1 Å². The fraction of sp³-hybridized carbons (Fsp3) is 0.200. The monoisotopic (exact) mass is 628 g/mol. The molecule has 2 amide bonds. The van der Waals surface area contributed by atoms with Crippen molar-refractivity contribution in [2.24, 2.45) is 4.99 Å². The molecule has 5 rings (SSSR count). The van der Waals surface area contributed by atoms with Crippen LogP contribution in [0, 0.1) is 6.92 Å². The van der Waals surface area contributed by atoms with Gasteiger partial charge in [0, 0.05) is 16.6 Å². The number of benzene rings is 3. The highest BCUT2D eigenvalue weighted by Gasteiger charge is 2.31. The molecule has 0 bridgehead atoms. The lowest BCUT2D eigenvalue weighted by Gasteiger charge is -2.14. The van der Waals surface area contributed by atoms with Gasteiger partial charge in [0.2, 0.25) is 6.30 Å². The molecule has 228 valence electrons. The molecule has 1 N–H and O–H groups in total. The third-order valence-corrected chi connectivity index (χ3v) is 7.47. The van der Waals surface area contributed by atoms with E-state index in [1.807, 2.05) is 48.8 Å². The van der Waals surface area contributed by atoms with Gasteiger partial charge >= 0.3 is 12.4 Å². The minimum atomic E-state index is -4.80. The van der Waals surface area contributed by atoms with Crippen LogP contribution < -0.4 is 14.9 Å². The van der Waals surface area contributed by atoms with Crippen LogP contribution >= 0.6 is 11.3 Å². The minimum Gasteiger partial charge on any atom is -0.406 e. The van der Waals surface area contributed by atoms with Crippen molar-refractivity contribution in [1.82, 2.24) is 24.6 Å². The lowest BCUT2D eigenvalue weighted by molar-refractivity contribution is -0.274. The molecule has 0 saturated carbocycles. The van der Waals surface area contributed by atoms with E-state index in [1.165, 1.54) is 58.7 Å². The average molecular weight is 629 g/mol. The van der Waals surface area contributed by atoms with Gasteiger partial charge in [-0.05, 0) is 54.8 Å². The molecule has 0 aliphatic heterocycles. The van der Waals surface area contributed by atoms with Gasteiger partial charge in [-0.15, -0.1) is 29.6 Å². The summed E-state index contributed by atoms with van der Waals surface area (Å²) in [6, 6.07) is 17.4. The maximum Gasteiger partial charge on any atom is 0.573 e. The quantitative estimate of drug-likeness (QED) is 0.146. The number of halogens is 5. The summed E-state index contributed by atoms with van der Waals surface area (Å²) in [5.74, 6) is -0.132. The summed E-state index contributed by atoms with van der Waals surface area (Å²) in [4.78, 5) is 21.1. The van der Waals surface area contributed by atoms with Gasteiger partial charge in [-0.3, -0.25) is 4.57 Å². The zero-order chi connectivity index (χ0) is 31.4. The highest BCUT2D eigenvalue weighted by Crippen LogP contribution is 2.27. The molecule has 0 aliphatic carbocycles. The number of hydrogen-bond acceptors (Lipinski definition) is 5. The van der Waals surface area contributed by atoms with Crippen LogP contribution in [-0.2, 0) is 6.42 Å². The van der Waals surface area contributed by atoms with Crippen LogP contribution in [0.15, 0.2) is 89.5 Å². The van der Waals surface area contributed by atoms with Crippen LogP contribution in [0.1, 0.15) is 29.9 Å². The van der Waals surface area contributed by atoms with E-state index >= 15 is 4.39 Å². The predicted molar refractivity (Wildman–Crippen MR) is 154 cm³/mol. The van der Waals surface area contributed by atoms with Crippen molar-refractivity contribution in [3.8, 4) is 28.5 Å². The number of carbonyl (C=O) groups is 1. The van der Waals surface area contributed by atoms with Crippen molar-refractivity contribution >= 4 is 17.4 Å². The van der Waals surface area contributed by atoms with Gasteiger partial charge in [0.15, 0.2) is 16.8 Å². The van der Waals surface area contributed by atoms with Crippen molar-refractivity contribution in [2.75, 3.05) is 0 Å². The standard InChI is InChI=1S/C30H25F5N6O2S/c1-3-19-6-4-5-7-24(19)41-18(2)16-44-29(41)38-28(42)37-26(32)25(31)20-8-10-21(11-9-20)27-36-17-40(39-27)22-12-14-23(15-13-22)43-30(33,34)35/h4-17,25-26H,3H2,1-2H3,(H,37,42)/b38-29-. The number of amides is 2. The molecule has 2 heterocycles. The van der Waals surface area contributed by atoms with Gasteiger partial charge in [-0.1, -0.05) is 49.4 Å². The number of aromatic nitrogens is 4. The number of alkyl halides is 5. The maximum absolute atomic E-state index is 15.0. The van der Waals surface area contributed by atoms with Crippen molar-refractivity contribution < 1.29 is 31.5 Å². The number of thiazole rings is 1. The second kappa shape index (κ2) is 12.8. The Bertz CT molecular complexity index is 1810. The Balaban J connectivity index is 1.25. The molecule has 2 unspecified atom stereocenters. The molecule has 0 spiro atoms. The summed E-state index contributed by atoms with van der Waals surface area (Å²) in [5.41, 5.74) is 3.63. The van der Waals surface area contributed by atoms with Crippen LogP contribution in [0.5, 0.6) is 5.75 Å². The van der Waals surface area contributed by atoms with E-state index in [9.17, 15) is 22.4 Å². The number of nitrogens with one attached hydrogen (secondary N) is 1. The van der Waals surface area contributed by atoms with Crippen molar-refractivity contribution in [3.63, 3.8) is 0 Å². The molecular formula is C30H25F5N6O2S. The van der Waals surface area contributed by atoms with Gasteiger partial charge in [0.1, 0.15) is 12.1 Å². The zero-order valence-electron chi connectivity index (χ0n) is 23.3. The van der Waals surface area contributed by atoms with Crippen LogP contribution in [0.3, 0.4) is 0 Å². The number of nitrogens with zero attached hydrogens (tertiary/aromatic N) is 5. The molecule has 2 atom stereocenters. The summed E-state index contributed by atoms with van der Waals surface area (Å²) in [5, 5.41) is 8.09. The second-order valence-corrected chi connectivity index (χ2v) is 10.4. The van der Waals surface area contributed by atoms with E-state index in [1.54, 1.807) is 4.57 Å². The molecule has 14 heteroatoms. The number of para-hydroxylation sites is 1. The fourth-order valence-electron chi connectivity index (χ4n) is 4.41. The summed E-state index contributed by atoms with van der Waals surface area (Å²) in [6.45, 7) is 3.88. The third kappa shape index (κ3) is 7.02. The lowest BCUT2D eigenvalue weighted by atomic mass is 10.1. The predicted octanol–water partition coefficient (Wildman–Crippen LogP) is 7.17. The van der Waals surface area contributed by atoms with E-state index in [4.69, 9.17) is 0 Å². The highest BCUT2D eigenvalue weighted by molar-refractivity contribution is 7.07. The molecular weight excluding hydrogens is 603 g/mol. The Kier molecular flexibility index (Phi) is 8.90. The van der Waals surface area contributed by atoms with Crippen LogP contribution in [0.4, 0.5) is 26.7 Å². The molecule has 0 radical (unpaired) electrons. The maximum atomic E-state index is 15.0. The fourth-order valence-corrected chi connectivity index (χ4v) is 5.27. The molecule has 0 fully saturated rings. The van der Waals surface area contributed by atoms with Gasteiger partial charge in [0.25, 0.3) is 0 Å². The molecule has 2 aromatic heterocycles. The Morgan fingerprint density at radius 3 is 2.43 bits per heavy atom. The Morgan fingerprint density at radius 2 is 1.75 bits per heavy atom. The summed E-state index contributed by atoms with van der Waals surface area (Å²) in [7, 11) is 0. The first-order valence-electron chi connectivity index (χ1n) is 13.3. The molecule has 0 aliphatic rings. The minimum absolute atomic E-state index is 0.0276.